The normalized spacial score (nSPS) is 10.7. The smallest absolute Gasteiger partial charge is 0.288 e. The number of thiophene rings is 2. The van der Waals surface area contributed by atoms with E-state index in [0.29, 0.717) is 10.2 Å². The second-order valence-electron chi connectivity index (χ2n) is 5.70. The summed E-state index contributed by atoms with van der Waals surface area (Å²) in [4.78, 5) is 46.7. The maximum atomic E-state index is 12.9. The van der Waals surface area contributed by atoms with Crippen LogP contribution in [0.2, 0.25) is 0 Å². The molecule has 4 rings (SSSR count). The number of hydrogen-bond acceptors (Lipinski definition) is 7. The topological polar surface area (TPSA) is 106 Å². The fourth-order valence-electron chi connectivity index (χ4n) is 2.58. The predicted molar refractivity (Wildman–Crippen MR) is 107 cm³/mol. The fraction of sp³-hybridized carbons (Fsp3) is 0.0556. The molecular weight excluding hydrogens is 398 g/mol. The maximum Gasteiger partial charge on any atom is 0.288 e. The maximum absolute atomic E-state index is 12.9. The van der Waals surface area contributed by atoms with Gasteiger partial charge in [-0.25, -0.2) is 4.98 Å². The van der Waals surface area contributed by atoms with Crippen LogP contribution in [0.5, 0.6) is 0 Å². The molecule has 0 aliphatic heterocycles. The van der Waals surface area contributed by atoms with Gasteiger partial charge in [0.2, 0.25) is 0 Å². The molecule has 140 valence electrons. The molecule has 8 nitrogen and oxygen atoms in total. The number of nitrogens with one attached hydrogen (secondary N) is 2. The molecule has 0 bridgehead atoms. The van der Waals surface area contributed by atoms with Crippen molar-refractivity contribution in [3.05, 3.63) is 69.7 Å². The third-order valence-electron chi connectivity index (χ3n) is 3.87. The summed E-state index contributed by atoms with van der Waals surface area (Å²) in [6, 6.07) is 8.71. The highest BCUT2D eigenvalue weighted by molar-refractivity contribution is 7.18. The number of rotatable bonds is 4. The van der Waals surface area contributed by atoms with Gasteiger partial charge in [-0.05, 0) is 23.6 Å². The van der Waals surface area contributed by atoms with E-state index in [9.17, 15) is 14.4 Å². The molecule has 0 fully saturated rings. The second kappa shape index (κ2) is 7.71. The number of nitrogens with zero attached hydrogens (tertiary/aromatic N) is 3. The van der Waals surface area contributed by atoms with Crippen molar-refractivity contribution < 1.29 is 9.59 Å². The first-order chi connectivity index (χ1) is 13.6. The van der Waals surface area contributed by atoms with Crippen LogP contribution in [0.1, 0.15) is 10.5 Å². The number of hydrazine groups is 1. The van der Waals surface area contributed by atoms with E-state index in [1.54, 1.807) is 12.1 Å². The zero-order valence-corrected chi connectivity index (χ0v) is 15.9. The number of amides is 2. The summed E-state index contributed by atoms with van der Waals surface area (Å²) in [7, 11) is 0. The Hall–Kier alpha value is -3.37. The summed E-state index contributed by atoms with van der Waals surface area (Å²) in [5.41, 5.74) is 5.23. The highest BCUT2D eigenvalue weighted by Crippen LogP contribution is 2.33. The minimum Gasteiger partial charge on any atom is -0.289 e. The molecule has 0 aromatic carbocycles. The summed E-state index contributed by atoms with van der Waals surface area (Å²) in [5, 5.41) is 4.31. The quantitative estimate of drug-likeness (QED) is 0.500. The molecule has 0 unspecified atom stereocenters. The third-order valence-corrected chi connectivity index (χ3v) is 5.66. The Kier molecular flexibility index (Phi) is 4.96. The lowest BCUT2D eigenvalue weighted by molar-refractivity contribution is -0.122. The van der Waals surface area contributed by atoms with Crippen LogP contribution in [-0.2, 0) is 11.3 Å². The Bertz CT molecular complexity index is 1200. The van der Waals surface area contributed by atoms with Gasteiger partial charge in [-0.1, -0.05) is 12.1 Å². The molecule has 28 heavy (non-hydrogen) atoms. The average Bonchev–Trinajstić information content (AvgIpc) is 3.38. The first-order valence-corrected chi connectivity index (χ1v) is 9.90. The molecule has 0 saturated heterocycles. The number of carbonyl (C=O) groups is 2. The SMILES string of the molecule is O=C(Cn1cnc2scc(-c3cccs3)c2c1=O)NNC(=O)c1ccccn1. The van der Waals surface area contributed by atoms with E-state index in [-0.39, 0.29) is 17.8 Å². The number of fused-ring (bicyclic) bond motifs is 1. The van der Waals surface area contributed by atoms with Crippen molar-refractivity contribution >= 4 is 44.7 Å². The number of hydrogen-bond donors (Lipinski definition) is 2. The van der Waals surface area contributed by atoms with E-state index in [0.717, 1.165) is 10.4 Å². The zero-order chi connectivity index (χ0) is 19.5. The second-order valence-corrected chi connectivity index (χ2v) is 7.51. The van der Waals surface area contributed by atoms with Crippen molar-refractivity contribution in [2.75, 3.05) is 0 Å². The molecule has 0 spiro atoms. The predicted octanol–water partition coefficient (Wildman–Crippen LogP) is 2.04. The van der Waals surface area contributed by atoms with Gasteiger partial charge in [-0.3, -0.25) is 34.8 Å². The Labute approximate surface area is 166 Å². The van der Waals surface area contributed by atoms with Crippen molar-refractivity contribution in [3.63, 3.8) is 0 Å². The molecule has 10 heteroatoms. The lowest BCUT2D eigenvalue weighted by atomic mass is 10.2. The van der Waals surface area contributed by atoms with Gasteiger partial charge in [0.15, 0.2) is 0 Å². The molecule has 2 N–H and O–H groups in total. The van der Waals surface area contributed by atoms with Gasteiger partial charge in [-0.2, -0.15) is 0 Å². The van der Waals surface area contributed by atoms with Crippen molar-refractivity contribution in [1.82, 2.24) is 25.4 Å². The van der Waals surface area contributed by atoms with Crippen LogP contribution >= 0.6 is 22.7 Å². The van der Waals surface area contributed by atoms with Gasteiger partial charge in [0.25, 0.3) is 17.4 Å². The van der Waals surface area contributed by atoms with Crippen molar-refractivity contribution in [2.24, 2.45) is 0 Å². The van der Waals surface area contributed by atoms with Crippen molar-refractivity contribution in [2.45, 2.75) is 6.54 Å². The Morgan fingerprint density at radius 3 is 2.71 bits per heavy atom. The van der Waals surface area contributed by atoms with Gasteiger partial charge in [0.05, 0.1) is 11.7 Å². The van der Waals surface area contributed by atoms with Crippen LogP contribution in [0.25, 0.3) is 20.7 Å². The Morgan fingerprint density at radius 2 is 1.96 bits per heavy atom. The largest absolute Gasteiger partial charge is 0.289 e. The van der Waals surface area contributed by atoms with Gasteiger partial charge in [-0.15, -0.1) is 22.7 Å². The molecule has 0 radical (unpaired) electrons. The van der Waals surface area contributed by atoms with E-state index in [1.165, 1.54) is 45.8 Å². The first-order valence-electron chi connectivity index (χ1n) is 8.14. The molecule has 0 aliphatic rings. The van der Waals surface area contributed by atoms with Crippen LogP contribution in [0, 0.1) is 0 Å². The monoisotopic (exact) mass is 411 g/mol. The minimum absolute atomic E-state index is 0.168. The number of pyridine rings is 1. The van der Waals surface area contributed by atoms with E-state index in [4.69, 9.17) is 0 Å². The van der Waals surface area contributed by atoms with Crippen LogP contribution in [-0.4, -0.2) is 26.3 Å². The molecule has 4 heterocycles. The lowest BCUT2D eigenvalue weighted by Crippen LogP contribution is -2.44. The minimum atomic E-state index is -0.555. The van der Waals surface area contributed by atoms with Gasteiger partial charge < -0.3 is 0 Å². The summed E-state index contributed by atoms with van der Waals surface area (Å²) >= 11 is 2.91. The fourth-order valence-corrected chi connectivity index (χ4v) is 4.30. The molecular formula is C18H13N5O3S2. The first kappa shape index (κ1) is 18.0. The molecule has 0 aliphatic carbocycles. The number of carbonyl (C=O) groups excluding carboxylic acids is 2. The molecule has 0 atom stereocenters. The van der Waals surface area contributed by atoms with E-state index < -0.39 is 11.8 Å². The molecule has 4 aromatic heterocycles. The molecule has 4 aromatic rings. The van der Waals surface area contributed by atoms with Crippen LogP contribution in [0.3, 0.4) is 0 Å². The Balaban J connectivity index is 1.51. The lowest BCUT2D eigenvalue weighted by Gasteiger charge is -2.08. The Morgan fingerprint density at radius 1 is 1.07 bits per heavy atom. The van der Waals surface area contributed by atoms with Crippen LogP contribution in [0.4, 0.5) is 0 Å². The highest BCUT2D eigenvalue weighted by atomic mass is 32.1. The standard InChI is InChI=1S/C18H13N5O3S2/c24-14(21-22-16(25)12-4-1-2-6-19-12)8-23-10-20-17-15(18(23)26)11(9-28-17)13-5-3-7-27-13/h1-7,9-10H,8H2,(H,21,24)(H,22,25). The van der Waals surface area contributed by atoms with Crippen molar-refractivity contribution in [3.8, 4) is 10.4 Å². The third kappa shape index (κ3) is 3.55. The summed E-state index contributed by atoms with van der Waals surface area (Å²) < 4.78 is 1.22. The summed E-state index contributed by atoms with van der Waals surface area (Å²) in [5.74, 6) is -1.10. The summed E-state index contributed by atoms with van der Waals surface area (Å²) in [6.07, 6.45) is 2.81. The zero-order valence-electron chi connectivity index (χ0n) is 14.3. The molecule has 0 saturated carbocycles. The van der Waals surface area contributed by atoms with Gasteiger partial charge in [0.1, 0.15) is 17.1 Å². The average molecular weight is 411 g/mol. The van der Waals surface area contributed by atoms with Gasteiger partial charge in [0, 0.05) is 22.0 Å². The van der Waals surface area contributed by atoms with E-state index in [2.05, 4.69) is 20.8 Å². The summed E-state index contributed by atoms with van der Waals surface area (Å²) in [6.45, 7) is -0.274. The number of aromatic nitrogens is 3. The molecule has 2 amide bonds. The van der Waals surface area contributed by atoms with E-state index >= 15 is 0 Å². The van der Waals surface area contributed by atoms with Crippen molar-refractivity contribution in [1.29, 1.82) is 0 Å². The van der Waals surface area contributed by atoms with E-state index in [1.807, 2.05) is 22.9 Å². The van der Waals surface area contributed by atoms with Crippen LogP contribution < -0.4 is 16.4 Å². The van der Waals surface area contributed by atoms with Crippen LogP contribution in [0.15, 0.2) is 58.4 Å². The van der Waals surface area contributed by atoms with Gasteiger partial charge >= 0.3 is 0 Å². The highest BCUT2D eigenvalue weighted by Gasteiger charge is 2.15.